The number of thioether (sulfide) groups is 1. The molecule has 2 N–H and O–H groups in total. The SMILES string of the molecule is CSC1CN(C)CCN(c2ccc(N)cc2C)C1CC1CCC1. The molecule has 1 heterocycles. The number of hydrogen-bond acceptors (Lipinski definition) is 4. The zero-order valence-electron chi connectivity index (χ0n) is 14.8. The first-order chi connectivity index (χ1) is 11.1. The molecule has 3 nitrogen and oxygen atoms in total. The van der Waals surface area contributed by atoms with Crippen molar-refractivity contribution in [3.8, 4) is 0 Å². The first-order valence-electron chi connectivity index (χ1n) is 8.92. The molecule has 2 fully saturated rings. The standard InChI is InChI=1S/C19H31N3S/c1-14-11-16(20)7-8-17(14)22-10-9-21(2)13-19(23-3)18(22)12-15-5-4-6-15/h7-8,11,15,18-19H,4-6,9-10,12-13,20H2,1-3H3. The van der Waals surface area contributed by atoms with Crippen LogP contribution in [0.4, 0.5) is 11.4 Å². The molecule has 23 heavy (non-hydrogen) atoms. The van der Waals surface area contributed by atoms with E-state index >= 15 is 0 Å². The third kappa shape index (κ3) is 3.80. The second kappa shape index (κ2) is 7.35. The van der Waals surface area contributed by atoms with Gasteiger partial charge in [-0.05, 0) is 56.3 Å². The maximum atomic E-state index is 5.98. The van der Waals surface area contributed by atoms with Crippen LogP contribution in [0.15, 0.2) is 18.2 Å². The number of benzene rings is 1. The van der Waals surface area contributed by atoms with Gasteiger partial charge in [-0.25, -0.2) is 0 Å². The van der Waals surface area contributed by atoms with Gasteiger partial charge in [-0.15, -0.1) is 0 Å². The third-order valence-electron chi connectivity index (χ3n) is 5.68. The number of rotatable bonds is 4. The van der Waals surface area contributed by atoms with Crippen LogP contribution in [0.3, 0.4) is 0 Å². The van der Waals surface area contributed by atoms with Crippen LogP contribution >= 0.6 is 11.8 Å². The molecule has 0 bridgehead atoms. The van der Waals surface area contributed by atoms with Crippen molar-refractivity contribution >= 4 is 23.1 Å². The molecule has 0 spiro atoms. The summed E-state index contributed by atoms with van der Waals surface area (Å²) in [7, 11) is 2.27. The van der Waals surface area contributed by atoms with E-state index in [1.54, 1.807) is 0 Å². The highest BCUT2D eigenvalue weighted by molar-refractivity contribution is 7.99. The summed E-state index contributed by atoms with van der Waals surface area (Å²) >= 11 is 2.05. The number of hydrogen-bond donors (Lipinski definition) is 1. The largest absolute Gasteiger partial charge is 0.399 e. The molecule has 128 valence electrons. The van der Waals surface area contributed by atoms with Gasteiger partial charge in [0, 0.05) is 42.3 Å². The van der Waals surface area contributed by atoms with Gasteiger partial charge < -0.3 is 15.5 Å². The normalized spacial score (nSPS) is 26.8. The van der Waals surface area contributed by atoms with Gasteiger partial charge in [-0.2, -0.15) is 11.8 Å². The first kappa shape index (κ1) is 17.0. The second-order valence-corrected chi connectivity index (χ2v) is 8.45. The smallest absolute Gasteiger partial charge is 0.0424 e. The van der Waals surface area contributed by atoms with Gasteiger partial charge in [0.2, 0.25) is 0 Å². The summed E-state index contributed by atoms with van der Waals surface area (Å²) in [5.74, 6) is 0.939. The molecule has 1 aliphatic carbocycles. The quantitative estimate of drug-likeness (QED) is 0.853. The Balaban J connectivity index is 1.90. The second-order valence-electron chi connectivity index (χ2n) is 7.38. The highest BCUT2D eigenvalue weighted by atomic mass is 32.2. The van der Waals surface area contributed by atoms with Gasteiger partial charge in [0.15, 0.2) is 0 Å². The molecule has 0 radical (unpaired) electrons. The monoisotopic (exact) mass is 333 g/mol. The first-order valence-corrected chi connectivity index (χ1v) is 10.2. The predicted octanol–water partition coefficient (Wildman–Crippen LogP) is 3.62. The predicted molar refractivity (Wildman–Crippen MR) is 103 cm³/mol. The summed E-state index contributed by atoms with van der Waals surface area (Å²) in [5, 5.41) is 0.681. The van der Waals surface area contributed by atoms with E-state index in [2.05, 4.69) is 48.2 Å². The van der Waals surface area contributed by atoms with Crippen LogP contribution in [0.25, 0.3) is 0 Å². The summed E-state index contributed by atoms with van der Waals surface area (Å²) in [4.78, 5) is 5.19. The molecule has 0 aromatic heterocycles. The maximum absolute atomic E-state index is 5.98. The zero-order chi connectivity index (χ0) is 16.4. The molecule has 2 atom stereocenters. The van der Waals surface area contributed by atoms with Crippen LogP contribution < -0.4 is 10.6 Å². The van der Waals surface area contributed by atoms with Gasteiger partial charge in [0.25, 0.3) is 0 Å². The van der Waals surface area contributed by atoms with Gasteiger partial charge in [0.05, 0.1) is 0 Å². The van der Waals surface area contributed by atoms with E-state index in [0.29, 0.717) is 11.3 Å². The topological polar surface area (TPSA) is 32.5 Å². The summed E-state index contributed by atoms with van der Waals surface area (Å²) < 4.78 is 0. The Hall–Kier alpha value is -0.870. The summed E-state index contributed by atoms with van der Waals surface area (Å²) in [6.45, 7) is 5.66. The Bertz CT molecular complexity index is 529. The van der Waals surface area contributed by atoms with Crippen molar-refractivity contribution in [3.05, 3.63) is 23.8 Å². The molecule has 1 aliphatic heterocycles. The minimum absolute atomic E-state index is 0.641. The number of aryl methyl sites for hydroxylation is 1. The Morgan fingerprint density at radius 3 is 2.65 bits per heavy atom. The van der Waals surface area contributed by atoms with Crippen LogP contribution in [0, 0.1) is 12.8 Å². The zero-order valence-corrected chi connectivity index (χ0v) is 15.6. The molecule has 1 aromatic carbocycles. The number of anilines is 2. The average molecular weight is 334 g/mol. The van der Waals surface area contributed by atoms with E-state index in [9.17, 15) is 0 Å². The Kier molecular flexibility index (Phi) is 5.42. The fourth-order valence-corrected chi connectivity index (χ4v) is 5.02. The van der Waals surface area contributed by atoms with E-state index in [4.69, 9.17) is 5.73 Å². The Morgan fingerprint density at radius 1 is 1.26 bits per heavy atom. The molecule has 2 aliphatic rings. The van der Waals surface area contributed by atoms with Crippen LogP contribution in [-0.4, -0.2) is 49.1 Å². The lowest BCUT2D eigenvalue weighted by atomic mass is 9.80. The lowest BCUT2D eigenvalue weighted by Gasteiger charge is -2.40. The highest BCUT2D eigenvalue weighted by Crippen LogP contribution is 2.37. The maximum Gasteiger partial charge on any atom is 0.0424 e. The molecule has 1 saturated carbocycles. The van der Waals surface area contributed by atoms with Crippen LogP contribution in [-0.2, 0) is 0 Å². The van der Waals surface area contributed by atoms with Crippen molar-refractivity contribution in [1.29, 1.82) is 0 Å². The minimum Gasteiger partial charge on any atom is -0.399 e. The van der Waals surface area contributed by atoms with Gasteiger partial charge >= 0.3 is 0 Å². The summed E-state index contributed by atoms with van der Waals surface area (Å²) in [5.41, 5.74) is 9.55. The molecule has 3 rings (SSSR count). The summed E-state index contributed by atoms with van der Waals surface area (Å²) in [6.07, 6.45) is 7.93. The fourth-order valence-electron chi connectivity index (χ4n) is 4.05. The van der Waals surface area contributed by atoms with E-state index in [0.717, 1.165) is 24.7 Å². The number of nitrogen functional groups attached to an aromatic ring is 1. The molecule has 0 amide bonds. The Morgan fingerprint density at radius 2 is 2.04 bits per heavy atom. The van der Waals surface area contributed by atoms with Gasteiger partial charge in [0.1, 0.15) is 0 Å². The lowest BCUT2D eigenvalue weighted by Crippen LogP contribution is -2.45. The van der Waals surface area contributed by atoms with Crippen molar-refractivity contribution in [2.24, 2.45) is 5.92 Å². The number of likely N-dealkylation sites (N-methyl/N-ethyl adjacent to an activating group) is 1. The van der Waals surface area contributed by atoms with Gasteiger partial charge in [-0.3, -0.25) is 0 Å². The van der Waals surface area contributed by atoms with Crippen LogP contribution in [0.5, 0.6) is 0 Å². The van der Waals surface area contributed by atoms with Crippen LogP contribution in [0.1, 0.15) is 31.2 Å². The average Bonchev–Trinajstić information content (AvgIpc) is 2.62. The van der Waals surface area contributed by atoms with E-state index < -0.39 is 0 Å². The third-order valence-corrected chi connectivity index (χ3v) is 6.75. The number of nitrogens with zero attached hydrogens (tertiary/aromatic N) is 2. The van der Waals surface area contributed by atoms with Crippen molar-refractivity contribution < 1.29 is 0 Å². The van der Waals surface area contributed by atoms with Gasteiger partial charge in [-0.1, -0.05) is 19.3 Å². The van der Waals surface area contributed by atoms with E-state index in [1.165, 1.54) is 43.5 Å². The fraction of sp³-hybridized carbons (Fsp3) is 0.684. The minimum atomic E-state index is 0.641. The van der Waals surface area contributed by atoms with Crippen LogP contribution in [0.2, 0.25) is 0 Å². The Labute approximate surface area is 145 Å². The highest BCUT2D eigenvalue weighted by Gasteiger charge is 2.35. The van der Waals surface area contributed by atoms with Crippen molar-refractivity contribution in [3.63, 3.8) is 0 Å². The summed E-state index contributed by atoms with van der Waals surface area (Å²) in [6, 6.07) is 7.06. The molecule has 2 unspecified atom stereocenters. The van der Waals surface area contributed by atoms with E-state index in [1.807, 2.05) is 11.8 Å². The molecular formula is C19H31N3S. The molecule has 1 aromatic rings. The molecule has 4 heteroatoms. The number of nitrogens with two attached hydrogens (primary N) is 1. The van der Waals surface area contributed by atoms with Crippen molar-refractivity contribution in [2.75, 3.05) is 43.6 Å². The van der Waals surface area contributed by atoms with E-state index in [-0.39, 0.29) is 0 Å². The molecular weight excluding hydrogens is 302 g/mol. The molecule has 1 saturated heterocycles. The lowest BCUT2D eigenvalue weighted by molar-refractivity contribution is 0.268. The van der Waals surface area contributed by atoms with Crippen molar-refractivity contribution in [1.82, 2.24) is 4.90 Å². The van der Waals surface area contributed by atoms with Crippen molar-refractivity contribution in [2.45, 2.75) is 43.9 Å².